The number of carbonyl (C=O) groups excluding carboxylic acids is 2. The van der Waals surface area contributed by atoms with Crippen molar-refractivity contribution in [2.75, 3.05) is 13.2 Å². The lowest BCUT2D eigenvalue weighted by molar-refractivity contribution is -0.143. The van der Waals surface area contributed by atoms with Crippen molar-refractivity contribution < 1.29 is 24.5 Å². The fourth-order valence-corrected chi connectivity index (χ4v) is 10.9. The van der Waals surface area contributed by atoms with Gasteiger partial charge in [0.2, 0.25) is 5.91 Å². The van der Waals surface area contributed by atoms with Crippen LogP contribution in [0.1, 0.15) is 386 Å². The lowest BCUT2D eigenvalue weighted by Gasteiger charge is -2.20. The van der Waals surface area contributed by atoms with Crippen LogP contribution < -0.4 is 5.32 Å². The quantitative estimate of drug-likeness (QED) is 0.0320. The predicted octanol–water partition coefficient (Wildman–Crippen LogP) is 21.6. The largest absolute Gasteiger partial charge is 0.466 e. The van der Waals surface area contributed by atoms with Crippen LogP contribution in [0.25, 0.3) is 0 Å². The first-order valence-corrected chi connectivity index (χ1v) is 34.0. The summed E-state index contributed by atoms with van der Waals surface area (Å²) < 4.78 is 5.48. The van der Waals surface area contributed by atoms with Crippen LogP contribution in [0, 0.1) is 0 Å². The minimum atomic E-state index is -0.842. The molecule has 0 aliphatic rings. The molecule has 0 rings (SSSR count). The molecule has 0 heterocycles. The molecule has 0 bridgehead atoms. The Hall–Kier alpha value is -1.40. The number of hydrogen-bond donors (Lipinski definition) is 3. The van der Waals surface area contributed by atoms with Crippen molar-refractivity contribution in [3.63, 3.8) is 0 Å². The Morgan fingerprint density at radius 3 is 0.919 bits per heavy atom. The maximum Gasteiger partial charge on any atom is 0.305 e. The van der Waals surface area contributed by atoms with Crippen LogP contribution in [-0.4, -0.2) is 47.4 Å². The predicted molar refractivity (Wildman–Crippen MR) is 324 cm³/mol. The van der Waals surface area contributed by atoms with Gasteiger partial charge in [-0.05, 0) is 32.1 Å². The number of esters is 1. The summed E-state index contributed by atoms with van der Waals surface area (Å²) in [6.07, 6.45) is 78.5. The first kappa shape index (κ1) is 72.6. The number of amides is 1. The number of aliphatic hydroxyl groups excluding tert-OH is 2. The molecule has 0 aliphatic heterocycles. The molecule has 440 valence electrons. The third kappa shape index (κ3) is 59.8. The van der Waals surface area contributed by atoms with Gasteiger partial charge in [0.1, 0.15) is 0 Å². The summed E-state index contributed by atoms with van der Waals surface area (Å²) in [7, 11) is 0. The number of allylic oxidation sites excluding steroid dienone is 1. The fourth-order valence-electron chi connectivity index (χ4n) is 10.9. The molecule has 0 aromatic rings. The average Bonchev–Trinajstić information content (AvgIpc) is 3.40. The molecule has 1 amide bonds. The molecule has 6 nitrogen and oxygen atoms in total. The molecule has 0 saturated heterocycles. The third-order valence-corrected chi connectivity index (χ3v) is 16.1. The van der Waals surface area contributed by atoms with Crippen molar-refractivity contribution in [3.05, 3.63) is 12.2 Å². The van der Waals surface area contributed by atoms with Crippen LogP contribution in [0.5, 0.6) is 0 Å². The smallest absolute Gasteiger partial charge is 0.305 e. The van der Waals surface area contributed by atoms with Crippen molar-refractivity contribution in [1.29, 1.82) is 0 Å². The normalized spacial score (nSPS) is 12.5. The van der Waals surface area contributed by atoms with E-state index in [2.05, 4.69) is 19.2 Å². The Bertz CT molecular complexity index is 1110. The Balaban J connectivity index is 3.37. The summed E-state index contributed by atoms with van der Waals surface area (Å²) in [6.45, 7) is 4.94. The van der Waals surface area contributed by atoms with Crippen molar-refractivity contribution in [1.82, 2.24) is 5.32 Å². The number of nitrogens with one attached hydrogen (secondary N) is 1. The summed E-state index contributed by atoms with van der Waals surface area (Å²) in [5, 5.41) is 23.2. The second-order valence-corrected chi connectivity index (χ2v) is 23.5. The van der Waals surface area contributed by atoms with E-state index in [0.717, 1.165) is 38.5 Å². The van der Waals surface area contributed by atoms with Gasteiger partial charge >= 0.3 is 5.97 Å². The average molecular weight is 1040 g/mol. The van der Waals surface area contributed by atoms with E-state index in [1.807, 2.05) is 6.08 Å². The van der Waals surface area contributed by atoms with Crippen LogP contribution in [0.15, 0.2) is 12.2 Å². The van der Waals surface area contributed by atoms with Gasteiger partial charge in [-0.1, -0.05) is 353 Å². The van der Waals surface area contributed by atoms with Gasteiger partial charge in [0.05, 0.1) is 25.4 Å². The molecular weight excluding hydrogens is 911 g/mol. The van der Waals surface area contributed by atoms with E-state index in [9.17, 15) is 19.8 Å². The zero-order chi connectivity index (χ0) is 53.6. The molecule has 0 aliphatic carbocycles. The van der Waals surface area contributed by atoms with Crippen LogP contribution in [0.2, 0.25) is 0 Å². The molecule has 0 fully saturated rings. The third-order valence-electron chi connectivity index (χ3n) is 16.1. The second kappa shape index (κ2) is 64.1. The SMILES string of the molecule is CCCCCCCCCCCCCCCCCC/C=C/C(O)C(CO)NC(=O)CCCCCCCCCCCCCCCCCCCCCCCCCCCCCOC(=O)CCCCCCCCCCCCCC. The second-order valence-electron chi connectivity index (χ2n) is 23.5. The minimum Gasteiger partial charge on any atom is -0.466 e. The zero-order valence-electron chi connectivity index (χ0n) is 50.4. The van der Waals surface area contributed by atoms with Gasteiger partial charge in [0.25, 0.3) is 0 Å². The Kier molecular flexibility index (Phi) is 62.9. The maximum atomic E-state index is 12.5. The van der Waals surface area contributed by atoms with Gasteiger partial charge in [-0.15, -0.1) is 0 Å². The molecule has 0 aromatic heterocycles. The van der Waals surface area contributed by atoms with Crippen LogP contribution in [0.4, 0.5) is 0 Å². The highest BCUT2D eigenvalue weighted by Gasteiger charge is 2.18. The van der Waals surface area contributed by atoms with E-state index in [1.165, 1.54) is 321 Å². The summed E-state index contributed by atoms with van der Waals surface area (Å²) in [6, 6.07) is -0.625. The van der Waals surface area contributed by atoms with E-state index in [4.69, 9.17) is 4.74 Å². The number of aliphatic hydroxyl groups is 2. The molecule has 6 heteroatoms. The van der Waals surface area contributed by atoms with Gasteiger partial charge in [-0.2, -0.15) is 0 Å². The number of unbranched alkanes of at least 4 members (excludes halogenated alkanes) is 53. The topological polar surface area (TPSA) is 95.9 Å². The number of ether oxygens (including phenoxy) is 1. The van der Waals surface area contributed by atoms with E-state index in [1.54, 1.807) is 6.08 Å². The van der Waals surface area contributed by atoms with Crippen molar-refractivity contribution in [2.45, 2.75) is 398 Å². The summed E-state index contributed by atoms with van der Waals surface area (Å²) >= 11 is 0. The Morgan fingerprint density at radius 1 is 0.365 bits per heavy atom. The molecule has 0 radical (unpaired) electrons. The maximum absolute atomic E-state index is 12.5. The molecule has 0 aromatic carbocycles. The summed E-state index contributed by atoms with van der Waals surface area (Å²) in [5.74, 6) is -0.0424. The van der Waals surface area contributed by atoms with E-state index in [0.29, 0.717) is 19.4 Å². The van der Waals surface area contributed by atoms with E-state index >= 15 is 0 Å². The van der Waals surface area contributed by atoms with Gasteiger partial charge in [-0.25, -0.2) is 0 Å². The molecule has 74 heavy (non-hydrogen) atoms. The molecule has 3 N–H and O–H groups in total. The van der Waals surface area contributed by atoms with Gasteiger partial charge in [-0.3, -0.25) is 9.59 Å². The van der Waals surface area contributed by atoms with Crippen molar-refractivity contribution >= 4 is 11.9 Å². The highest BCUT2D eigenvalue weighted by Crippen LogP contribution is 2.19. The number of carbonyl (C=O) groups is 2. The molecule has 2 unspecified atom stereocenters. The standard InChI is InChI=1S/C68H133NO5/c1-3-5-7-9-11-13-15-17-18-19-31-34-37-40-44-48-52-56-60-66(71)65(64-70)69-67(72)61-57-53-49-45-41-38-35-32-29-27-25-23-21-20-22-24-26-28-30-33-36-39-43-47-51-55-59-63-74-68(73)62-58-54-50-46-42-16-14-12-10-8-6-4-2/h56,60,65-66,70-71H,3-55,57-59,61-64H2,1-2H3,(H,69,72)/b60-56+. The van der Waals surface area contributed by atoms with E-state index < -0.39 is 12.1 Å². The highest BCUT2D eigenvalue weighted by molar-refractivity contribution is 5.76. The lowest BCUT2D eigenvalue weighted by Crippen LogP contribution is -2.45. The zero-order valence-corrected chi connectivity index (χ0v) is 50.4. The summed E-state index contributed by atoms with van der Waals surface area (Å²) in [4.78, 5) is 24.5. The number of hydrogen-bond acceptors (Lipinski definition) is 5. The van der Waals surface area contributed by atoms with Crippen LogP contribution in [0.3, 0.4) is 0 Å². The van der Waals surface area contributed by atoms with Crippen LogP contribution in [-0.2, 0) is 14.3 Å². The first-order valence-electron chi connectivity index (χ1n) is 34.0. The van der Waals surface area contributed by atoms with E-state index in [-0.39, 0.29) is 18.5 Å². The Labute approximate surface area is 463 Å². The van der Waals surface area contributed by atoms with Crippen LogP contribution >= 0.6 is 0 Å². The van der Waals surface area contributed by atoms with Gasteiger partial charge in [0.15, 0.2) is 0 Å². The minimum absolute atomic E-state index is 0.0192. The van der Waals surface area contributed by atoms with Gasteiger partial charge in [0, 0.05) is 12.8 Å². The molecule has 0 saturated carbocycles. The summed E-state index contributed by atoms with van der Waals surface area (Å²) in [5.41, 5.74) is 0. The highest BCUT2D eigenvalue weighted by atomic mass is 16.5. The monoisotopic (exact) mass is 1040 g/mol. The van der Waals surface area contributed by atoms with Crippen molar-refractivity contribution in [3.8, 4) is 0 Å². The molecule has 2 atom stereocenters. The lowest BCUT2D eigenvalue weighted by atomic mass is 10.0. The molecular formula is C68H133NO5. The van der Waals surface area contributed by atoms with Crippen molar-refractivity contribution in [2.24, 2.45) is 0 Å². The Morgan fingerprint density at radius 2 is 0.622 bits per heavy atom. The fraction of sp³-hybridized carbons (Fsp3) is 0.941. The van der Waals surface area contributed by atoms with Gasteiger partial charge < -0.3 is 20.3 Å². The molecule has 0 spiro atoms. The first-order chi connectivity index (χ1) is 36.5. The number of rotatable bonds is 64.